The molecular weight excluding hydrogens is 326 g/mol. The smallest absolute Gasteiger partial charge is 0.270 e. The molecular formula is C17H21N3O3S. The molecule has 0 fully saturated rings. The maximum absolute atomic E-state index is 12.0. The third-order valence-corrected chi connectivity index (χ3v) is 4.16. The van der Waals surface area contributed by atoms with E-state index in [2.05, 4.69) is 15.6 Å². The first-order chi connectivity index (χ1) is 11.6. The number of carbonyl (C=O) groups is 2. The summed E-state index contributed by atoms with van der Waals surface area (Å²) in [5.41, 5.74) is 1.55. The first-order valence-electron chi connectivity index (χ1n) is 7.68. The molecule has 0 unspecified atom stereocenters. The number of nitrogens with zero attached hydrogens (tertiary/aromatic N) is 1. The summed E-state index contributed by atoms with van der Waals surface area (Å²) in [5, 5.41) is 8.15. The van der Waals surface area contributed by atoms with Gasteiger partial charge in [0.2, 0.25) is 5.91 Å². The van der Waals surface area contributed by atoms with Crippen LogP contribution in [0.5, 0.6) is 5.75 Å². The van der Waals surface area contributed by atoms with Gasteiger partial charge in [-0.25, -0.2) is 4.98 Å². The predicted octanol–water partition coefficient (Wildman–Crippen LogP) is 2.00. The SMILES string of the molecule is COc1ccc(Cc2nc(C(=O)NCCCNC(C)=O)cs2)cc1. The Hall–Kier alpha value is -2.41. The van der Waals surface area contributed by atoms with Gasteiger partial charge >= 0.3 is 0 Å². The van der Waals surface area contributed by atoms with Crippen molar-refractivity contribution in [2.45, 2.75) is 19.8 Å². The average molecular weight is 347 g/mol. The average Bonchev–Trinajstić information content (AvgIpc) is 3.03. The minimum Gasteiger partial charge on any atom is -0.497 e. The molecule has 1 aromatic carbocycles. The summed E-state index contributed by atoms with van der Waals surface area (Å²) in [6.45, 7) is 2.53. The monoisotopic (exact) mass is 347 g/mol. The molecule has 2 rings (SSSR count). The molecule has 2 N–H and O–H groups in total. The lowest BCUT2D eigenvalue weighted by molar-refractivity contribution is -0.118. The lowest BCUT2D eigenvalue weighted by atomic mass is 10.1. The molecule has 24 heavy (non-hydrogen) atoms. The van der Waals surface area contributed by atoms with E-state index in [0.717, 1.165) is 16.3 Å². The second-order valence-electron chi connectivity index (χ2n) is 5.24. The normalized spacial score (nSPS) is 10.2. The second kappa shape index (κ2) is 9.02. The highest BCUT2D eigenvalue weighted by Gasteiger charge is 2.10. The van der Waals surface area contributed by atoms with Gasteiger partial charge in [-0.1, -0.05) is 12.1 Å². The zero-order valence-electron chi connectivity index (χ0n) is 13.8. The molecule has 0 bridgehead atoms. The van der Waals surface area contributed by atoms with Crippen LogP contribution in [-0.4, -0.2) is 37.0 Å². The van der Waals surface area contributed by atoms with Gasteiger partial charge < -0.3 is 15.4 Å². The molecule has 0 atom stereocenters. The number of aromatic nitrogens is 1. The molecule has 128 valence electrons. The summed E-state index contributed by atoms with van der Waals surface area (Å²) in [6.07, 6.45) is 1.37. The van der Waals surface area contributed by atoms with Crippen molar-refractivity contribution in [3.63, 3.8) is 0 Å². The van der Waals surface area contributed by atoms with Crippen molar-refractivity contribution >= 4 is 23.2 Å². The van der Waals surface area contributed by atoms with Gasteiger partial charge in [0.1, 0.15) is 11.4 Å². The summed E-state index contributed by atoms with van der Waals surface area (Å²) in [6, 6.07) is 7.79. The van der Waals surface area contributed by atoms with E-state index < -0.39 is 0 Å². The predicted molar refractivity (Wildman–Crippen MR) is 93.5 cm³/mol. The Balaban J connectivity index is 1.80. The Bertz CT molecular complexity index is 683. The molecule has 0 saturated carbocycles. The van der Waals surface area contributed by atoms with Crippen LogP contribution in [0.1, 0.15) is 34.4 Å². The lowest BCUT2D eigenvalue weighted by Crippen LogP contribution is -2.28. The number of thiazole rings is 1. The van der Waals surface area contributed by atoms with Crippen LogP contribution in [0.15, 0.2) is 29.6 Å². The fourth-order valence-electron chi connectivity index (χ4n) is 2.06. The Morgan fingerprint density at radius 3 is 2.54 bits per heavy atom. The molecule has 0 aliphatic heterocycles. The van der Waals surface area contributed by atoms with E-state index >= 15 is 0 Å². The van der Waals surface area contributed by atoms with E-state index in [1.54, 1.807) is 12.5 Å². The molecule has 1 heterocycles. The number of benzene rings is 1. The quantitative estimate of drug-likeness (QED) is 0.716. The van der Waals surface area contributed by atoms with E-state index in [1.807, 2.05) is 24.3 Å². The van der Waals surface area contributed by atoms with Crippen LogP contribution < -0.4 is 15.4 Å². The third kappa shape index (κ3) is 5.66. The van der Waals surface area contributed by atoms with E-state index in [4.69, 9.17) is 4.74 Å². The van der Waals surface area contributed by atoms with Gasteiger partial charge in [-0.3, -0.25) is 9.59 Å². The fraction of sp³-hybridized carbons (Fsp3) is 0.353. The molecule has 0 spiro atoms. The maximum atomic E-state index is 12.0. The van der Waals surface area contributed by atoms with Crippen molar-refractivity contribution in [3.05, 3.63) is 45.9 Å². The van der Waals surface area contributed by atoms with Crippen LogP contribution in [-0.2, 0) is 11.2 Å². The van der Waals surface area contributed by atoms with Crippen molar-refractivity contribution in [1.82, 2.24) is 15.6 Å². The molecule has 2 amide bonds. The number of ether oxygens (including phenoxy) is 1. The van der Waals surface area contributed by atoms with Gasteiger partial charge in [-0.05, 0) is 24.1 Å². The third-order valence-electron chi connectivity index (χ3n) is 3.31. The number of hydrogen-bond acceptors (Lipinski definition) is 5. The molecule has 0 aliphatic rings. The molecule has 0 radical (unpaired) electrons. The summed E-state index contributed by atoms with van der Waals surface area (Å²) in [4.78, 5) is 27.1. The number of hydrogen-bond donors (Lipinski definition) is 2. The highest BCUT2D eigenvalue weighted by atomic mass is 32.1. The number of amides is 2. The summed E-state index contributed by atoms with van der Waals surface area (Å²) in [7, 11) is 1.64. The molecule has 1 aromatic heterocycles. The van der Waals surface area contributed by atoms with E-state index in [-0.39, 0.29) is 11.8 Å². The first kappa shape index (κ1) is 17.9. The minimum absolute atomic E-state index is 0.0657. The molecule has 0 saturated heterocycles. The van der Waals surface area contributed by atoms with Crippen molar-refractivity contribution < 1.29 is 14.3 Å². The zero-order chi connectivity index (χ0) is 17.4. The van der Waals surface area contributed by atoms with Crippen LogP contribution in [0.4, 0.5) is 0 Å². The standard InChI is InChI=1S/C17H21N3O3S/c1-12(21)18-8-3-9-19-17(22)15-11-24-16(20-15)10-13-4-6-14(23-2)7-5-13/h4-7,11H,3,8-10H2,1-2H3,(H,18,21)(H,19,22). The number of nitrogens with one attached hydrogen (secondary N) is 2. The van der Waals surface area contributed by atoms with Crippen LogP contribution in [0.25, 0.3) is 0 Å². The topological polar surface area (TPSA) is 80.3 Å². The maximum Gasteiger partial charge on any atom is 0.270 e. The van der Waals surface area contributed by atoms with E-state index in [1.165, 1.54) is 18.3 Å². The van der Waals surface area contributed by atoms with Crippen LogP contribution >= 0.6 is 11.3 Å². The van der Waals surface area contributed by atoms with Gasteiger partial charge in [0.25, 0.3) is 5.91 Å². The number of carbonyl (C=O) groups excluding carboxylic acids is 2. The van der Waals surface area contributed by atoms with Gasteiger partial charge in [0, 0.05) is 31.8 Å². The van der Waals surface area contributed by atoms with Crippen molar-refractivity contribution in [2.75, 3.05) is 20.2 Å². The largest absolute Gasteiger partial charge is 0.497 e. The Kier molecular flexibility index (Phi) is 6.74. The molecule has 6 nitrogen and oxygen atoms in total. The first-order valence-corrected chi connectivity index (χ1v) is 8.56. The van der Waals surface area contributed by atoms with Crippen LogP contribution in [0, 0.1) is 0 Å². The second-order valence-corrected chi connectivity index (χ2v) is 6.19. The van der Waals surface area contributed by atoms with Gasteiger partial charge in [0.15, 0.2) is 0 Å². The highest BCUT2D eigenvalue weighted by molar-refractivity contribution is 7.09. The van der Waals surface area contributed by atoms with Gasteiger partial charge in [0.05, 0.1) is 12.1 Å². The van der Waals surface area contributed by atoms with Crippen LogP contribution in [0.3, 0.4) is 0 Å². The summed E-state index contributed by atoms with van der Waals surface area (Å²) >= 11 is 1.47. The summed E-state index contributed by atoms with van der Waals surface area (Å²) < 4.78 is 5.13. The van der Waals surface area contributed by atoms with Crippen molar-refractivity contribution in [2.24, 2.45) is 0 Å². The Morgan fingerprint density at radius 1 is 1.17 bits per heavy atom. The van der Waals surface area contributed by atoms with Crippen LogP contribution in [0.2, 0.25) is 0 Å². The number of methoxy groups -OCH3 is 1. The molecule has 2 aromatic rings. The Labute approximate surface area is 145 Å². The lowest BCUT2D eigenvalue weighted by Gasteiger charge is -2.04. The summed E-state index contributed by atoms with van der Waals surface area (Å²) in [5.74, 6) is 0.566. The zero-order valence-corrected chi connectivity index (χ0v) is 14.6. The number of rotatable bonds is 8. The Morgan fingerprint density at radius 2 is 1.88 bits per heavy atom. The fourth-order valence-corrected chi connectivity index (χ4v) is 2.87. The molecule has 0 aliphatic carbocycles. The van der Waals surface area contributed by atoms with Gasteiger partial charge in [-0.2, -0.15) is 0 Å². The van der Waals surface area contributed by atoms with Crippen molar-refractivity contribution in [3.8, 4) is 5.75 Å². The highest BCUT2D eigenvalue weighted by Crippen LogP contribution is 2.17. The minimum atomic E-state index is -0.185. The molecule has 7 heteroatoms. The van der Waals surface area contributed by atoms with Gasteiger partial charge in [-0.15, -0.1) is 11.3 Å². The van der Waals surface area contributed by atoms with E-state index in [0.29, 0.717) is 31.6 Å². The van der Waals surface area contributed by atoms with Crippen molar-refractivity contribution in [1.29, 1.82) is 0 Å². The van der Waals surface area contributed by atoms with E-state index in [9.17, 15) is 9.59 Å².